The molecule has 7 nitrogen and oxygen atoms in total. The topological polar surface area (TPSA) is 86.8 Å². The van der Waals surface area contributed by atoms with Crippen LogP contribution in [-0.2, 0) is 32.6 Å². The summed E-state index contributed by atoms with van der Waals surface area (Å²) < 4.78 is 29.3. The van der Waals surface area contributed by atoms with Crippen LogP contribution < -0.4 is 9.62 Å². The lowest BCUT2D eigenvalue weighted by Crippen LogP contribution is -2.53. The number of anilines is 1. The molecular formula is C36H40ClN3O4S. The van der Waals surface area contributed by atoms with Crippen LogP contribution in [0.1, 0.15) is 36.1 Å². The van der Waals surface area contributed by atoms with Gasteiger partial charge in [-0.15, -0.1) is 0 Å². The van der Waals surface area contributed by atoms with Gasteiger partial charge in [-0.3, -0.25) is 13.9 Å². The second-order valence-corrected chi connectivity index (χ2v) is 13.9. The van der Waals surface area contributed by atoms with Crippen molar-refractivity contribution < 1.29 is 18.0 Å². The highest BCUT2D eigenvalue weighted by Crippen LogP contribution is 2.26. The molecule has 4 aromatic carbocycles. The number of hydrogen-bond acceptors (Lipinski definition) is 4. The number of carbonyl (C=O) groups excluding carboxylic acids is 2. The molecule has 0 bridgehead atoms. The van der Waals surface area contributed by atoms with Crippen molar-refractivity contribution in [3.8, 4) is 0 Å². The maximum absolute atomic E-state index is 14.5. The van der Waals surface area contributed by atoms with Crippen LogP contribution in [0, 0.1) is 19.8 Å². The summed E-state index contributed by atoms with van der Waals surface area (Å²) in [6.45, 7) is 7.92. The van der Waals surface area contributed by atoms with Crippen molar-refractivity contribution in [2.75, 3.05) is 17.4 Å². The number of hydrogen-bond donors (Lipinski definition) is 1. The molecular weight excluding hydrogens is 606 g/mol. The van der Waals surface area contributed by atoms with Gasteiger partial charge in [0.2, 0.25) is 11.8 Å². The Morgan fingerprint density at radius 3 is 2.07 bits per heavy atom. The Morgan fingerprint density at radius 1 is 0.822 bits per heavy atom. The molecule has 0 aliphatic rings. The van der Waals surface area contributed by atoms with Crippen LogP contribution in [0.25, 0.3) is 0 Å². The van der Waals surface area contributed by atoms with Crippen LogP contribution in [0.5, 0.6) is 0 Å². The first-order valence-electron chi connectivity index (χ1n) is 15.0. The standard InChI is InChI=1S/C36H40ClN3O4S/c1-26(2)23-38-36(42)34(22-29-11-6-5-7-12-29)39(24-30-13-9-8-10-28(30)4)35(41)25-40(32-18-14-27(3)15-19-32)45(43,44)33-20-16-31(37)17-21-33/h5-21,26,34H,22-25H2,1-4H3,(H,38,42)/t34-/m0/s1. The van der Waals surface area contributed by atoms with E-state index in [0.717, 1.165) is 26.6 Å². The summed E-state index contributed by atoms with van der Waals surface area (Å²) in [4.78, 5) is 29.9. The lowest BCUT2D eigenvalue weighted by molar-refractivity contribution is -0.140. The second-order valence-electron chi connectivity index (χ2n) is 11.6. The Balaban J connectivity index is 1.80. The van der Waals surface area contributed by atoms with Crippen molar-refractivity contribution in [1.82, 2.24) is 10.2 Å². The predicted molar refractivity (Wildman–Crippen MR) is 181 cm³/mol. The molecule has 0 heterocycles. The Kier molecular flexibility index (Phi) is 11.4. The molecule has 0 spiro atoms. The third kappa shape index (κ3) is 8.96. The molecule has 0 aromatic heterocycles. The van der Waals surface area contributed by atoms with Gasteiger partial charge in [-0.2, -0.15) is 0 Å². The first-order valence-corrected chi connectivity index (χ1v) is 16.8. The predicted octanol–water partition coefficient (Wildman–Crippen LogP) is 6.56. The molecule has 4 rings (SSSR count). The highest BCUT2D eigenvalue weighted by Gasteiger charge is 2.34. The van der Waals surface area contributed by atoms with Gasteiger partial charge in [-0.25, -0.2) is 8.42 Å². The van der Waals surface area contributed by atoms with Crippen molar-refractivity contribution in [2.45, 2.75) is 51.6 Å². The van der Waals surface area contributed by atoms with Gasteiger partial charge in [0.25, 0.3) is 10.0 Å². The molecule has 0 radical (unpaired) electrons. The number of benzene rings is 4. The molecule has 0 saturated carbocycles. The molecule has 45 heavy (non-hydrogen) atoms. The SMILES string of the molecule is Cc1ccc(N(CC(=O)N(Cc2ccccc2C)[C@@H](Cc2ccccc2)C(=O)NCC(C)C)S(=O)(=O)c2ccc(Cl)cc2)cc1. The fraction of sp³-hybridized carbons (Fsp3) is 0.278. The third-order valence-electron chi connectivity index (χ3n) is 7.56. The number of nitrogens with zero attached hydrogens (tertiary/aromatic N) is 2. The van der Waals surface area contributed by atoms with Gasteiger partial charge in [0.05, 0.1) is 10.6 Å². The molecule has 0 saturated heterocycles. The minimum Gasteiger partial charge on any atom is -0.354 e. The Labute approximate surface area is 271 Å². The molecule has 0 aliphatic carbocycles. The van der Waals surface area contributed by atoms with E-state index < -0.39 is 28.5 Å². The first-order chi connectivity index (χ1) is 21.5. The maximum Gasteiger partial charge on any atom is 0.264 e. The molecule has 0 fully saturated rings. The smallest absolute Gasteiger partial charge is 0.264 e. The van der Waals surface area contributed by atoms with E-state index in [-0.39, 0.29) is 29.7 Å². The number of aryl methyl sites for hydroxylation is 2. The van der Waals surface area contributed by atoms with Crippen LogP contribution in [-0.4, -0.2) is 44.3 Å². The number of halogens is 1. The van der Waals surface area contributed by atoms with Gasteiger partial charge >= 0.3 is 0 Å². The van der Waals surface area contributed by atoms with Gasteiger partial charge in [0, 0.05) is 24.5 Å². The first kappa shape index (κ1) is 33.7. The monoisotopic (exact) mass is 645 g/mol. The highest BCUT2D eigenvalue weighted by molar-refractivity contribution is 7.92. The van der Waals surface area contributed by atoms with E-state index >= 15 is 0 Å². The Bertz CT molecular complexity index is 1690. The number of nitrogens with one attached hydrogen (secondary N) is 1. The number of carbonyl (C=O) groups is 2. The number of rotatable bonds is 13. The molecule has 0 aliphatic heterocycles. The minimum atomic E-state index is -4.19. The fourth-order valence-corrected chi connectivity index (χ4v) is 6.46. The molecule has 1 N–H and O–H groups in total. The molecule has 9 heteroatoms. The average Bonchev–Trinajstić information content (AvgIpc) is 3.02. The Hall–Kier alpha value is -4.14. The van der Waals surface area contributed by atoms with Crippen molar-refractivity contribution in [2.24, 2.45) is 5.92 Å². The quantitative estimate of drug-likeness (QED) is 0.178. The van der Waals surface area contributed by atoms with Crippen molar-refractivity contribution >= 4 is 39.1 Å². The minimum absolute atomic E-state index is 0.00115. The zero-order valence-corrected chi connectivity index (χ0v) is 27.7. The zero-order valence-electron chi connectivity index (χ0n) is 26.1. The van der Waals surface area contributed by atoms with Gasteiger partial charge in [-0.1, -0.05) is 97.7 Å². The normalized spacial score (nSPS) is 12.0. The van der Waals surface area contributed by atoms with Crippen molar-refractivity contribution in [1.29, 1.82) is 0 Å². The van der Waals surface area contributed by atoms with Gasteiger partial charge < -0.3 is 10.2 Å². The van der Waals surface area contributed by atoms with Gasteiger partial charge in [0.15, 0.2) is 0 Å². The van der Waals surface area contributed by atoms with E-state index in [1.165, 1.54) is 29.2 Å². The summed E-state index contributed by atoms with van der Waals surface area (Å²) in [7, 11) is -4.19. The molecule has 1 atom stereocenters. The van der Waals surface area contributed by atoms with Crippen LogP contribution in [0.15, 0.2) is 108 Å². The molecule has 0 unspecified atom stereocenters. The zero-order chi connectivity index (χ0) is 32.6. The number of sulfonamides is 1. The van der Waals surface area contributed by atoms with E-state index in [9.17, 15) is 18.0 Å². The molecule has 2 amide bonds. The number of amides is 2. The van der Waals surface area contributed by atoms with Crippen LogP contribution in [0.4, 0.5) is 5.69 Å². The van der Waals surface area contributed by atoms with Crippen LogP contribution in [0.2, 0.25) is 5.02 Å². The lowest BCUT2D eigenvalue weighted by atomic mass is 10.0. The largest absolute Gasteiger partial charge is 0.354 e. The summed E-state index contributed by atoms with van der Waals surface area (Å²) in [5.74, 6) is -0.595. The third-order valence-corrected chi connectivity index (χ3v) is 9.60. The van der Waals surface area contributed by atoms with Gasteiger partial charge in [0.1, 0.15) is 12.6 Å². The Morgan fingerprint density at radius 2 is 1.44 bits per heavy atom. The van der Waals surface area contributed by atoms with Crippen LogP contribution in [0.3, 0.4) is 0 Å². The van der Waals surface area contributed by atoms with E-state index in [2.05, 4.69) is 5.32 Å². The van der Waals surface area contributed by atoms with Gasteiger partial charge in [-0.05, 0) is 72.9 Å². The van der Waals surface area contributed by atoms with E-state index in [1.54, 1.807) is 24.3 Å². The summed E-state index contributed by atoms with van der Waals surface area (Å²) in [6, 6.07) is 29.1. The maximum atomic E-state index is 14.5. The summed E-state index contributed by atoms with van der Waals surface area (Å²) >= 11 is 6.06. The summed E-state index contributed by atoms with van der Waals surface area (Å²) in [5, 5.41) is 3.41. The van der Waals surface area contributed by atoms with E-state index in [1.807, 2.05) is 82.3 Å². The average molecular weight is 646 g/mol. The summed E-state index contributed by atoms with van der Waals surface area (Å²) in [6.07, 6.45) is 0.261. The highest BCUT2D eigenvalue weighted by atomic mass is 35.5. The van der Waals surface area contributed by atoms with E-state index in [4.69, 9.17) is 11.6 Å². The van der Waals surface area contributed by atoms with Crippen LogP contribution >= 0.6 is 11.6 Å². The fourth-order valence-electron chi connectivity index (χ4n) is 4.92. The molecule has 4 aromatic rings. The van der Waals surface area contributed by atoms with E-state index in [0.29, 0.717) is 17.3 Å². The van der Waals surface area contributed by atoms with Crippen molar-refractivity contribution in [3.05, 3.63) is 130 Å². The molecule has 236 valence electrons. The lowest BCUT2D eigenvalue weighted by Gasteiger charge is -2.34. The second kappa shape index (κ2) is 15.2. The van der Waals surface area contributed by atoms with Crippen molar-refractivity contribution in [3.63, 3.8) is 0 Å². The summed E-state index contributed by atoms with van der Waals surface area (Å²) in [5.41, 5.74) is 3.99.